The van der Waals surface area contributed by atoms with E-state index in [0.717, 1.165) is 17.7 Å². The zero-order valence-corrected chi connectivity index (χ0v) is 17.4. The second-order valence-corrected chi connectivity index (χ2v) is 8.58. The molecule has 11 heteroatoms. The number of aromatic nitrogens is 1. The van der Waals surface area contributed by atoms with Gasteiger partial charge in [-0.05, 0) is 47.9 Å². The smallest absolute Gasteiger partial charge is 0.325 e. The van der Waals surface area contributed by atoms with Crippen LogP contribution in [0.4, 0.5) is 4.39 Å². The molecule has 1 aliphatic heterocycles. The van der Waals surface area contributed by atoms with Crippen LogP contribution < -0.4 is 5.32 Å². The number of methoxy groups -OCH3 is 1. The van der Waals surface area contributed by atoms with E-state index in [-0.39, 0.29) is 36.0 Å². The number of rotatable bonds is 6. The molecule has 31 heavy (non-hydrogen) atoms. The minimum absolute atomic E-state index is 0.00683. The van der Waals surface area contributed by atoms with Crippen molar-refractivity contribution in [1.82, 2.24) is 14.6 Å². The topological polar surface area (TPSA) is 126 Å². The average Bonchev–Trinajstić information content (AvgIpc) is 2.77. The van der Waals surface area contributed by atoms with Crippen LogP contribution >= 0.6 is 0 Å². The number of carbonyl (C=O) groups excluding carboxylic acids is 2. The maximum Gasteiger partial charge on any atom is 0.325 e. The Morgan fingerprint density at radius 3 is 2.58 bits per heavy atom. The number of hydrogen-bond acceptors (Lipinski definition) is 7. The molecule has 0 aliphatic carbocycles. The molecule has 0 atom stereocenters. The highest BCUT2D eigenvalue weighted by Gasteiger charge is 2.27. The van der Waals surface area contributed by atoms with E-state index in [1.54, 1.807) is 6.08 Å². The number of benzene rings is 1. The standard InChI is InChI=1S/C20H20FN3O6S/c1-30-18(26)12-23-20(27)19-17(25)10-14(11-22-19)13-6-8-24(9-7-13)31(28,29)16-4-2-15(21)3-5-16/h2-6,10-11,25H,7-9,12H2,1H3,(H,23,27). The predicted octanol–water partition coefficient (Wildman–Crippen LogP) is 1.31. The van der Waals surface area contributed by atoms with Gasteiger partial charge in [-0.25, -0.2) is 17.8 Å². The summed E-state index contributed by atoms with van der Waals surface area (Å²) < 4.78 is 44.1. The average molecular weight is 449 g/mol. The minimum Gasteiger partial charge on any atom is -0.505 e. The number of esters is 1. The third kappa shape index (κ3) is 5.06. The SMILES string of the molecule is COC(=O)CNC(=O)c1ncc(C2=CCN(S(=O)(=O)c3ccc(F)cc3)CC2)cc1O. The fourth-order valence-corrected chi connectivity index (χ4v) is 4.38. The Kier molecular flexibility index (Phi) is 6.66. The molecule has 0 saturated heterocycles. The van der Waals surface area contributed by atoms with Crippen LogP contribution in [0.5, 0.6) is 5.75 Å². The summed E-state index contributed by atoms with van der Waals surface area (Å²) in [6, 6.07) is 5.98. The van der Waals surface area contributed by atoms with Gasteiger partial charge >= 0.3 is 5.97 Å². The molecule has 0 bridgehead atoms. The lowest BCUT2D eigenvalue weighted by atomic mass is 10.0. The van der Waals surface area contributed by atoms with Gasteiger partial charge < -0.3 is 15.2 Å². The molecule has 0 spiro atoms. The normalized spacial score (nSPS) is 14.6. The highest BCUT2D eigenvalue weighted by atomic mass is 32.2. The van der Waals surface area contributed by atoms with Crippen LogP contribution in [0.25, 0.3) is 5.57 Å². The van der Waals surface area contributed by atoms with Crippen LogP contribution in [-0.4, -0.2) is 61.4 Å². The van der Waals surface area contributed by atoms with Gasteiger partial charge in [-0.2, -0.15) is 4.31 Å². The van der Waals surface area contributed by atoms with Crippen LogP contribution in [0.2, 0.25) is 0 Å². The molecule has 9 nitrogen and oxygen atoms in total. The van der Waals surface area contributed by atoms with E-state index in [1.165, 1.54) is 35.8 Å². The summed E-state index contributed by atoms with van der Waals surface area (Å²) in [5, 5.41) is 12.4. The molecule has 0 saturated carbocycles. The minimum atomic E-state index is -3.76. The number of sulfonamides is 1. The van der Waals surface area contributed by atoms with E-state index in [1.807, 2.05) is 0 Å². The number of pyridine rings is 1. The predicted molar refractivity (Wildman–Crippen MR) is 108 cm³/mol. The van der Waals surface area contributed by atoms with Crippen LogP contribution in [0.15, 0.2) is 47.5 Å². The molecule has 3 rings (SSSR count). The number of carbonyl (C=O) groups is 2. The Hall–Kier alpha value is -3.31. The van der Waals surface area contributed by atoms with E-state index in [2.05, 4.69) is 15.0 Å². The molecule has 0 unspecified atom stereocenters. The quantitative estimate of drug-likeness (QED) is 0.637. The van der Waals surface area contributed by atoms with E-state index >= 15 is 0 Å². The molecule has 1 aromatic carbocycles. The molecular weight excluding hydrogens is 429 g/mol. The van der Waals surface area contributed by atoms with E-state index in [9.17, 15) is 27.5 Å². The Morgan fingerprint density at radius 1 is 1.29 bits per heavy atom. The molecule has 2 heterocycles. The molecule has 1 aromatic heterocycles. The molecule has 2 aromatic rings. The van der Waals surface area contributed by atoms with E-state index < -0.39 is 27.7 Å². The highest BCUT2D eigenvalue weighted by molar-refractivity contribution is 7.89. The molecule has 164 valence electrons. The van der Waals surface area contributed by atoms with Crippen molar-refractivity contribution in [2.75, 3.05) is 26.7 Å². The fraction of sp³-hybridized carbons (Fsp3) is 0.250. The largest absolute Gasteiger partial charge is 0.505 e. The Balaban J connectivity index is 1.71. The van der Waals surface area contributed by atoms with Gasteiger partial charge in [0.05, 0.1) is 12.0 Å². The fourth-order valence-electron chi connectivity index (χ4n) is 3.00. The van der Waals surface area contributed by atoms with Gasteiger partial charge in [-0.1, -0.05) is 6.08 Å². The van der Waals surface area contributed by atoms with Crippen LogP contribution in [0, 0.1) is 5.82 Å². The maximum absolute atomic E-state index is 13.1. The van der Waals surface area contributed by atoms with Crippen molar-refractivity contribution in [3.8, 4) is 5.75 Å². The lowest BCUT2D eigenvalue weighted by molar-refractivity contribution is -0.139. The van der Waals surface area contributed by atoms with Crippen molar-refractivity contribution in [3.05, 3.63) is 59.7 Å². The number of amides is 1. The number of hydrogen-bond donors (Lipinski definition) is 2. The van der Waals surface area contributed by atoms with Crippen LogP contribution in [-0.2, 0) is 19.6 Å². The van der Waals surface area contributed by atoms with E-state index in [4.69, 9.17) is 0 Å². The molecule has 0 radical (unpaired) electrons. The summed E-state index contributed by atoms with van der Waals surface area (Å²) in [7, 11) is -2.58. The van der Waals surface area contributed by atoms with Gasteiger partial charge in [0.15, 0.2) is 5.69 Å². The third-order valence-corrected chi connectivity index (χ3v) is 6.58. The van der Waals surface area contributed by atoms with Crippen molar-refractivity contribution in [2.45, 2.75) is 11.3 Å². The number of ether oxygens (including phenoxy) is 1. The Labute approximate surface area is 178 Å². The van der Waals surface area contributed by atoms with Gasteiger partial charge in [-0.15, -0.1) is 0 Å². The van der Waals surface area contributed by atoms with Crippen molar-refractivity contribution >= 4 is 27.5 Å². The molecule has 1 amide bonds. The van der Waals surface area contributed by atoms with Crippen molar-refractivity contribution in [2.24, 2.45) is 0 Å². The van der Waals surface area contributed by atoms with Gasteiger partial charge in [0.1, 0.15) is 18.1 Å². The maximum atomic E-state index is 13.1. The monoisotopic (exact) mass is 449 g/mol. The van der Waals surface area contributed by atoms with E-state index in [0.29, 0.717) is 12.0 Å². The van der Waals surface area contributed by atoms with Gasteiger partial charge in [0, 0.05) is 19.3 Å². The van der Waals surface area contributed by atoms with Crippen molar-refractivity contribution in [1.29, 1.82) is 0 Å². The molecule has 1 aliphatic rings. The number of aromatic hydroxyl groups is 1. The second kappa shape index (κ2) is 9.23. The number of nitrogens with one attached hydrogen (secondary N) is 1. The summed E-state index contributed by atoms with van der Waals surface area (Å²) in [6.45, 7) is -0.0768. The summed E-state index contributed by atoms with van der Waals surface area (Å²) in [4.78, 5) is 27.1. The first kappa shape index (κ1) is 22.4. The summed E-state index contributed by atoms with van der Waals surface area (Å²) in [5.41, 5.74) is 1.06. The molecular formula is C20H20FN3O6S. The van der Waals surface area contributed by atoms with Crippen molar-refractivity contribution < 1.29 is 32.2 Å². The lowest BCUT2D eigenvalue weighted by Crippen LogP contribution is -2.34. The first-order chi connectivity index (χ1) is 14.7. The Morgan fingerprint density at radius 2 is 2.00 bits per heavy atom. The van der Waals surface area contributed by atoms with Crippen LogP contribution in [0.3, 0.4) is 0 Å². The zero-order valence-electron chi connectivity index (χ0n) is 16.5. The number of halogens is 1. The van der Waals surface area contributed by atoms with Gasteiger partial charge in [0.2, 0.25) is 10.0 Å². The summed E-state index contributed by atoms with van der Waals surface area (Å²) in [5.74, 6) is -2.27. The second-order valence-electron chi connectivity index (χ2n) is 6.65. The summed E-state index contributed by atoms with van der Waals surface area (Å²) in [6.07, 6.45) is 3.44. The highest BCUT2D eigenvalue weighted by Crippen LogP contribution is 2.28. The molecule has 2 N–H and O–H groups in total. The summed E-state index contributed by atoms with van der Waals surface area (Å²) >= 11 is 0. The Bertz CT molecular complexity index is 1130. The van der Waals surface area contributed by atoms with Crippen molar-refractivity contribution in [3.63, 3.8) is 0 Å². The lowest BCUT2D eigenvalue weighted by Gasteiger charge is -2.26. The first-order valence-electron chi connectivity index (χ1n) is 9.21. The zero-order chi connectivity index (χ0) is 22.6. The number of nitrogens with zero attached hydrogens (tertiary/aromatic N) is 2. The third-order valence-electron chi connectivity index (χ3n) is 4.70. The van der Waals surface area contributed by atoms with Gasteiger partial charge in [-0.3, -0.25) is 9.59 Å². The van der Waals surface area contributed by atoms with Crippen LogP contribution in [0.1, 0.15) is 22.5 Å². The molecule has 0 fully saturated rings. The van der Waals surface area contributed by atoms with Gasteiger partial charge in [0.25, 0.3) is 5.91 Å². The first-order valence-corrected chi connectivity index (χ1v) is 10.7.